The zero-order valence-corrected chi connectivity index (χ0v) is 12.4. The molecular formula is C16H26N2O2. The standard InChI is InChI=1S/C16H26N2O2/c1-2-3-4-5-6-12-18(13-9-16(19)20)14-15-7-10-17-11-8-15/h7-8,10-11H,2-6,9,12-14H2,1H3,(H,19,20). The average Bonchev–Trinajstić information content (AvgIpc) is 2.45. The van der Waals surface area contributed by atoms with Gasteiger partial charge in [0.05, 0.1) is 6.42 Å². The Balaban J connectivity index is 2.37. The third kappa shape index (κ3) is 7.89. The second-order valence-corrected chi connectivity index (χ2v) is 5.19. The van der Waals surface area contributed by atoms with Gasteiger partial charge in [-0.3, -0.25) is 14.7 Å². The molecule has 0 atom stereocenters. The first kappa shape index (κ1) is 16.6. The molecule has 112 valence electrons. The molecule has 1 heterocycles. The largest absolute Gasteiger partial charge is 0.481 e. The molecule has 0 aromatic carbocycles. The van der Waals surface area contributed by atoms with E-state index in [-0.39, 0.29) is 6.42 Å². The van der Waals surface area contributed by atoms with Crippen molar-refractivity contribution in [2.45, 2.75) is 52.0 Å². The van der Waals surface area contributed by atoms with E-state index in [1.807, 2.05) is 12.1 Å². The van der Waals surface area contributed by atoms with Crippen LogP contribution in [0.2, 0.25) is 0 Å². The Morgan fingerprint density at radius 3 is 2.50 bits per heavy atom. The number of carboxylic acid groups (broad SMARTS) is 1. The maximum atomic E-state index is 10.7. The molecule has 0 aliphatic rings. The number of hydrogen-bond acceptors (Lipinski definition) is 3. The molecule has 4 nitrogen and oxygen atoms in total. The summed E-state index contributed by atoms with van der Waals surface area (Å²) >= 11 is 0. The van der Waals surface area contributed by atoms with E-state index in [9.17, 15) is 4.79 Å². The Bertz CT molecular complexity index is 368. The Morgan fingerprint density at radius 2 is 1.85 bits per heavy atom. The molecular weight excluding hydrogens is 252 g/mol. The molecule has 0 spiro atoms. The summed E-state index contributed by atoms with van der Waals surface area (Å²) in [4.78, 5) is 17.0. The van der Waals surface area contributed by atoms with Crippen LogP contribution < -0.4 is 0 Å². The van der Waals surface area contributed by atoms with Crippen molar-refractivity contribution in [3.8, 4) is 0 Å². The average molecular weight is 278 g/mol. The summed E-state index contributed by atoms with van der Waals surface area (Å²) in [5, 5.41) is 8.83. The van der Waals surface area contributed by atoms with Gasteiger partial charge in [-0.1, -0.05) is 32.6 Å². The Kier molecular flexibility index (Phi) is 8.63. The lowest BCUT2D eigenvalue weighted by molar-refractivity contribution is -0.137. The van der Waals surface area contributed by atoms with Crippen molar-refractivity contribution in [2.75, 3.05) is 13.1 Å². The molecule has 1 N–H and O–H groups in total. The predicted octanol–water partition coefficient (Wildman–Crippen LogP) is 3.33. The van der Waals surface area contributed by atoms with Crippen molar-refractivity contribution in [2.24, 2.45) is 0 Å². The number of nitrogens with zero attached hydrogens (tertiary/aromatic N) is 2. The summed E-state index contributed by atoms with van der Waals surface area (Å²) in [7, 11) is 0. The molecule has 0 saturated heterocycles. The van der Waals surface area contributed by atoms with E-state index >= 15 is 0 Å². The van der Waals surface area contributed by atoms with Crippen LogP contribution in [0.3, 0.4) is 0 Å². The van der Waals surface area contributed by atoms with Crippen molar-refractivity contribution in [3.05, 3.63) is 30.1 Å². The fourth-order valence-corrected chi connectivity index (χ4v) is 2.21. The minimum Gasteiger partial charge on any atom is -0.481 e. The molecule has 1 aromatic rings. The normalized spacial score (nSPS) is 10.9. The molecule has 0 radical (unpaired) electrons. The number of rotatable bonds is 11. The second kappa shape index (κ2) is 10.4. The van der Waals surface area contributed by atoms with E-state index in [4.69, 9.17) is 5.11 Å². The molecule has 0 aliphatic carbocycles. The van der Waals surface area contributed by atoms with Crippen LogP contribution in [0.4, 0.5) is 0 Å². The van der Waals surface area contributed by atoms with Crippen molar-refractivity contribution in [3.63, 3.8) is 0 Å². The molecule has 4 heteroatoms. The molecule has 0 amide bonds. The quantitative estimate of drug-likeness (QED) is 0.631. The molecule has 1 rings (SSSR count). The number of carboxylic acids is 1. The van der Waals surface area contributed by atoms with Crippen LogP contribution in [-0.4, -0.2) is 34.0 Å². The molecule has 0 bridgehead atoms. The number of aromatic nitrogens is 1. The monoisotopic (exact) mass is 278 g/mol. The molecule has 1 aromatic heterocycles. The maximum Gasteiger partial charge on any atom is 0.304 e. The third-order valence-electron chi connectivity index (χ3n) is 3.38. The van der Waals surface area contributed by atoms with Gasteiger partial charge in [0.2, 0.25) is 0 Å². The van der Waals surface area contributed by atoms with Crippen LogP contribution in [0.1, 0.15) is 51.0 Å². The molecule has 0 fully saturated rings. The summed E-state index contributed by atoms with van der Waals surface area (Å²) in [6, 6.07) is 3.98. The Labute approximate surface area is 121 Å². The van der Waals surface area contributed by atoms with Gasteiger partial charge in [0.1, 0.15) is 0 Å². The van der Waals surface area contributed by atoms with E-state index < -0.39 is 5.97 Å². The van der Waals surface area contributed by atoms with Crippen LogP contribution >= 0.6 is 0 Å². The van der Waals surface area contributed by atoms with Crippen LogP contribution in [0, 0.1) is 0 Å². The van der Waals surface area contributed by atoms with Gasteiger partial charge in [0.25, 0.3) is 0 Å². The van der Waals surface area contributed by atoms with Gasteiger partial charge < -0.3 is 5.11 Å². The third-order valence-corrected chi connectivity index (χ3v) is 3.38. The fraction of sp³-hybridized carbons (Fsp3) is 0.625. The molecule has 0 unspecified atom stereocenters. The topological polar surface area (TPSA) is 53.4 Å². The summed E-state index contributed by atoms with van der Waals surface area (Å²) in [5.74, 6) is -0.726. The van der Waals surface area contributed by atoms with Crippen LogP contribution in [0.5, 0.6) is 0 Å². The van der Waals surface area contributed by atoms with E-state index in [0.717, 1.165) is 19.5 Å². The summed E-state index contributed by atoms with van der Waals surface area (Å²) in [6.45, 7) is 4.61. The minimum absolute atomic E-state index is 0.208. The Hall–Kier alpha value is -1.42. The smallest absolute Gasteiger partial charge is 0.304 e. The second-order valence-electron chi connectivity index (χ2n) is 5.19. The lowest BCUT2D eigenvalue weighted by Gasteiger charge is -2.21. The van der Waals surface area contributed by atoms with Gasteiger partial charge in [-0.05, 0) is 30.7 Å². The van der Waals surface area contributed by atoms with Gasteiger partial charge in [-0.2, -0.15) is 0 Å². The molecule has 0 aliphatic heterocycles. The first-order valence-corrected chi connectivity index (χ1v) is 7.55. The van der Waals surface area contributed by atoms with Crippen molar-refractivity contribution in [1.29, 1.82) is 0 Å². The molecule has 0 saturated carbocycles. The Morgan fingerprint density at radius 1 is 1.15 bits per heavy atom. The number of hydrogen-bond donors (Lipinski definition) is 1. The van der Waals surface area contributed by atoms with E-state index in [1.165, 1.54) is 31.2 Å². The first-order chi connectivity index (χ1) is 9.72. The fourth-order valence-electron chi connectivity index (χ4n) is 2.21. The predicted molar refractivity (Wildman–Crippen MR) is 80.5 cm³/mol. The van der Waals surface area contributed by atoms with Crippen molar-refractivity contribution in [1.82, 2.24) is 9.88 Å². The maximum absolute atomic E-state index is 10.7. The van der Waals surface area contributed by atoms with Crippen molar-refractivity contribution >= 4 is 5.97 Å². The number of carbonyl (C=O) groups is 1. The van der Waals surface area contributed by atoms with Gasteiger partial charge in [0, 0.05) is 25.5 Å². The number of aliphatic carboxylic acids is 1. The highest BCUT2D eigenvalue weighted by molar-refractivity contribution is 5.66. The highest BCUT2D eigenvalue weighted by Crippen LogP contribution is 2.08. The van der Waals surface area contributed by atoms with E-state index in [0.29, 0.717) is 6.54 Å². The van der Waals surface area contributed by atoms with Gasteiger partial charge in [0.15, 0.2) is 0 Å². The number of unbranched alkanes of at least 4 members (excludes halogenated alkanes) is 4. The molecule has 20 heavy (non-hydrogen) atoms. The highest BCUT2D eigenvalue weighted by atomic mass is 16.4. The summed E-state index contributed by atoms with van der Waals surface area (Å²) in [5.41, 5.74) is 1.19. The van der Waals surface area contributed by atoms with Gasteiger partial charge in [-0.25, -0.2) is 0 Å². The van der Waals surface area contributed by atoms with Crippen LogP contribution in [0.15, 0.2) is 24.5 Å². The lowest BCUT2D eigenvalue weighted by Crippen LogP contribution is -2.27. The van der Waals surface area contributed by atoms with Crippen molar-refractivity contribution < 1.29 is 9.90 Å². The van der Waals surface area contributed by atoms with E-state index in [2.05, 4.69) is 16.8 Å². The van der Waals surface area contributed by atoms with E-state index in [1.54, 1.807) is 12.4 Å². The lowest BCUT2D eigenvalue weighted by atomic mass is 10.1. The highest BCUT2D eigenvalue weighted by Gasteiger charge is 2.08. The minimum atomic E-state index is -0.726. The summed E-state index contributed by atoms with van der Waals surface area (Å²) < 4.78 is 0. The zero-order valence-electron chi connectivity index (χ0n) is 12.4. The van der Waals surface area contributed by atoms with Crippen LogP contribution in [-0.2, 0) is 11.3 Å². The van der Waals surface area contributed by atoms with Gasteiger partial charge >= 0.3 is 5.97 Å². The summed E-state index contributed by atoms with van der Waals surface area (Å²) in [6.07, 6.45) is 9.97. The SMILES string of the molecule is CCCCCCCN(CCC(=O)O)Cc1ccncc1. The zero-order chi connectivity index (χ0) is 14.6. The van der Waals surface area contributed by atoms with Crippen LogP contribution in [0.25, 0.3) is 0 Å². The first-order valence-electron chi connectivity index (χ1n) is 7.55. The number of pyridine rings is 1. The van der Waals surface area contributed by atoms with Gasteiger partial charge in [-0.15, -0.1) is 0 Å².